The zero-order chi connectivity index (χ0) is 17.6. The number of fused-ring (bicyclic) bond motifs is 1. The van der Waals surface area contributed by atoms with Crippen LogP contribution in [0.4, 0.5) is 0 Å². The lowest BCUT2D eigenvalue weighted by Gasteiger charge is -2.06. The first-order valence-electron chi connectivity index (χ1n) is 7.55. The Bertz CT molecular complexity index is 802. The molecule has 0 radical (unpaired) electrons. The Morgan fingerprint density at radius 2 is 1.72 bits per heavy atom. The molecule has 0 fully saturated rings. The molecule has 1 heterocycles. The van der Waals surface area contributed by atoms with E-state index in [0.717, 1.165) is 5.56 Å². The summed E-state index contributed by atoms with van der Waals surface area (Å²) in [5, 5.41) is 2.18. The zero-order valence-electron chi connectivity index (χ0n) is 13.2. The van der Waals surface area contributed by atoms with Gasteiger partial charge in [-0.3, -0.25) is 14.9 Å². The summed E-state index contributed by atoms with van der Waals surface area (Å²) in [5.41, 5.74) is 1.01. The molecule has 1 aliphatic heterocycles. The Kier molecular flexibility index (Phi) is 4.94. The van der Waals surface area contributed by atoms with Crippen LogP contribution in [0.1, 0.15) is 15.9 Å². The molecule has 2 aromatic rings. The molecular weight excluding hydrogens is 326 g/mol. The molecule has 2 amide bonds. The van der Waals surface area contributed by atoms with E-state index in [1.54, 1.807) is 30.3 Å². The van der Waals surface area contributed by atoms with E-state index in [9.17, 15) is 14.4 Å². The van der Waals surface area contributed by atoms with Crippen molar-refractivity contribution >= 4 is 17.8 Å². The number of carbonyl (C=O) groups excluding carboxylic acids is 3. The predicted octanol–water partition coefficient (Wildman–Crippen LogP) is 1.46. The molecule has 3 rings (SSSR count). The highest BCUT2D eigenvalue weighted by molar-refractivity contribution is 5.98. The molecule has 0 unspecified atom stereocenters. The minimum Gasteiger partial charge on any atom is -0.454 e. The minimum atomic E-state index is -0.691. The maximum Gasteiger partial charge on any atom is 0.338 e. The predicted molar refractivity (Wildman–Crippen MR) is 86.1 cm³/mol. The number of esters is 1. The Morgan fingerprint density at radius 1 is 0.960 bits per heavy atom. The van der Waals surface area contributed by atoms with E-state index in [-0.39, 0.29) is 18.8 Å². The highest BCUT2D eigenvalue weighted by atomic mass is 16.7. The normalized spacial score (nSPS) is 11.7. The topological polar surface area (TPSA) is 90.9 Å². The molecule has 0 atom stereocenters. The second kappa shape index (κ2) is 7.48. The highest BCUT2D eigenvalue weighted by Gasteiger charge is 2.18. The van der Waals surface area contributed by atoms with Crippen LogP contribution in [-0.2, 0) is 20.7 Å². The largest absolute Gasteiger partial charge is 0.454 e. The van der Waals surface area contributed by atoms with Gasteiger partial charge in [-0.05, 0) is 23.8 Å². The van der Waals surface area contributed by atoms with Crippen LogP contribution in [0.15, 0.2) is 48.5 Å². The van der Waals surface area contributed by atoms with E-state index in [2.05, 4.69) is 5.32 Å². The first-order valence-corrected chi connectivity index (χ1v) is 7.55. The fourth-order valence-electron chi connectivity index (χ4n) is 2.25. The van der Waals surface area contributed by atoms with Gasteiger partial charge in [-0.2, -0.15) is 0 Å². The van der Waals surface area contributed by atoms with Crippen LogP contribution in [0.5, 0.6) is 11.5 Å². The van der Waals surface area contributed by atoms with Crippen molar-refractivity contribution in [1.29, 1.82) is 0 Å². The van der Waals surface area contributed by atoms with E-state index in [1.165, 1.54) is 12.1 Å². The van der Waals surface area contributed by atoms with Crippen molar-refractivity contribution in [3.63, 3.8) is 0 Å². The second-order valence-electron chi connectivity index (χ2n) is 5.28. The van der Waals surface area contributed by atoms with E-state index in [1.807, 2.05) is 6.07 Å². The van der Waals surface area contributed by atoms with Crippen LogP contribution >= 0.6 is 0 Å². The van der Waals surface area contributed by atoms with Gasteiger partial charge in [-0.1, -0.05) is 30.3 Å². The second-order valence-corrected chi connectivity index (χ2v) is 5.28. The Labute approximate surface area is 143 Å². The van der Waals surface area contributed by atoms with Gasteiger partial charge in [0.15, 0.2) is 18.1 Å². The van der Waals surface area contributed by atoms with Gasteiger partial charge in [0.25, 0.3) is 5.91 Å². The van der Waals surface area contributed by atoms with Crippen molar-refractivity contribution in [2.45, 2.75) is 6.42 Å². The monoisotopic (exact) mass is 341 g/mol. The van der Waals surface area contributed by atoms with Gasteiger partial charge >= 0.3 is 5.97 Å². The fourth-order valence-corrected chi connectivity index (χ4v) is 2.25. The van der Waals surface area contributed by atoms with Gasteiger partial charge in [-0.25, -0.2) is 4.79 Å². The van der Waals surface area contributed by atoms with Crippen molar-refractivity contribution < 1.29 is 28.6 Å². The summed E-state index contributed by atoms with van der Waals surface area (Å²) in [5.74, 6) is -0.855. The van der Waals surface area contributed by atoms with Crippen LogP contribution in [0.25, 0.3) is 0 Å². The number of hydrogen-bond donors (Lipinski definition) is 1. The van der Waals surface area contributed by atoms with Gasteiger partial charge in [0.2, 0.25) is 12.7 Å². The van der Waals surface area contributed by atoms with Crippen LogP contribution in [0, 0.1) is 0 Å². The lowest BCUT2D eigenvalue weighted by atomic mass is 10.1. The standard InChI is InChI=1S/C18H15NO6/c20-16(8-12-4-2-1-3-5-12)19-17(21)10-23-18(22)13-6-7-14-15(9-13)25-11-24-14/h1-7,9H,8,10-11H2,(H,19,20,21). The maximum atomic E-state index is 11.9. The molecule has 0 spiro atoms. The fraction of sp³-hybridized carbons (Fsp3) is 0.167. The van der Waals surface area contributed by atoms with E-state index in [4.69, 9.17) is 14.2 Å². The molecule has 0 aliphatic carbocycles. The van der Waals surface area contributed by atoms with Crippen LogP contribution in [0.3, 0.4) is 0 Å². The average molecular weight is 341 g/mol. The number of imide groups is 1. The lowest BCUT2D eigenvalue weighted by Crippen LogP contribution is -2.35. The van der Waals surface area contributed by atoms with Crippen LogP contribution < -0.4 is 14.8 Å². The Morgan fingerprint density at radius 3 is 2.52 bits per heavy atom. The zero-order valence-corrected chi connectivity index (χ0v) is 13.2. The first kappa shape index (κ1) is 16.5. The first-order chi connectivity index (χ1) is 12.1. The Balaban J connectivity index is 1.47. The molecule has 7 nitrogen and oxygen atoms in total. The lowest BCUT2D eigenvalue weighted by molar-refractivity contribution is -0.132. The number of amides is 2. The van der Waals surface area contributed by atoms with Crippen molar-refractivity contribution in [2.24, 2.45) is 0 Å². The molecule has 1 N–H and O–H groups in total. The number of nitrogens with one attached hydrogen (secondary N) is 1. The summed E-state index contributed by atoms with van der Waals surface area (Å²) in [6, 6.07) is 13.6. The van der Waals surface area contributed by atoms with Crippen LogP contribution in [-0.4, -0.2) is 31.2 Å². The van der Waals surface area contributed by atoms with Crippen LogP contribution in [0.2, 0.25) is 0 Å². The number of benzene rings is 2. The van der Waals surface area contributed by atoms with E-state index < -0.39 is 24.4 Å². The third kappa shape index (κ3) is 4.35. The average Bonchev–Trinajstić information content (AvgIpc) is 3.08. The minimum absolute atomic E-state index is 0.0721. The molecule has 2 aromatic carbocycles. The third-order valence-corrected chi connectivity index (χ3v) is 3.43. The number of rotatable bonds is 5. The summed E-state index contributed by atoms with van der Waals surface area (Å²) < 4.78 is 15.2. The van der Waals surface area contributed by atoms with Gasteiger partial charge in [0.05, 0.1) is 12.0 Å². The maximum absolute atomic E-state index is 11.9. The van der Waals surface area contributed by atoms with Crippen molar-refractivity contribution in [1.82, 2.24) is 5.32 Å². The van der Waals surface area contributed by atoms with Crippen molar-refractivity contribution in [3.8, 4) is 11.5 Å². The van der Waals surface area contributed by atoms with Gasteiger partial charge < -0.3 is 14.2 Å². The molecule has 0 bridgehead atoms. The molecular formula is C18H15NO6. The van der Waals surface area contributed by atoms with Crippen molar-refractivity contribution in [2.75, 3.05) is 13.4 Å². The van der Waals surface area contributed by atoms with Crippen molar-refractivity contribution in [3.05, 3.63) is 59.7 Å². The quantitative estimate of drug-likeness (QED) is 0.828. The summed E-state index contributed by atoms with van der Waals surface area (Å²) in [6.07, 6.45) is 0.0721. The SMILES string of the molecule is O=C(COC(=O)c1ccc2c(c1)OCO2)NC(=O)Cc1ccccc1. The smallest absolute Gasteiger partial charge is 0.338 e. The Hall–Kier alpha value is -3.35. The summed E-state index contributed by atoms with van der Waals surface area (Å²) >= 11 is 0. The number of hydrogen-bond acceptors (Lipinski definition) is 6. The summed E-state index contributed by atoms with van der Waals surface area (Å²) in [6.45, 7) is -0.451. The third-order valence-electron chi connectivity index (χ3n) is 3.43. The summed E-state index contributed by atoms with van der Waals surface area (Å²) in [4.78, 5) is 35.4. The summed E-state index contributed by atoms with van der Waals surface area (Å²) in [7, 11) is 0. The van der Waals surface area contributed by atoms with E-state index >= 15 is 0 Å². The molecule has 25 heavy (non-hydrogen) atoms. The molecule has 0 saturated carbocycles. The molecule has 0 aromatic heterocycles. The van der Waals surface area contributed by atoms with E-state index in [0.29, 0.717) is 11.5 Å². The molecule has 0 saturated heterocycles. The molecule has 128 valence electrons. The number of ether oxygens (including phenoxy) is 3. The van der Waals surface area contributed by atoms with Gasteiger partial charge in [0, 0.05) is 0 Å². The number of carbonyl (C=O) groups is 3. The molecule has 1 aliphatic rings. The van der Waals surface area contributed by atoms with Gasteiger partial charge in [-0.15, -0.1) is 0 Å². The molecule has 7 heteroatoms. The van der Waals surface area contributed by atoms with Gasteiger partial charge in [0.1, 0.15) is 0 Å². The highest BCUT2D eigenvalue weighted by Crippen LogP contribution is 2.32.